The van der Waals surface area contributed by atoms with Crippen LogP contribution in [0.25, 0.3) is 0 Å². The lowest BCUT2D eigenvalue weighted by Gasteiger charge is -2.07. The van der Waals surface area contributed by atoms with Crippen LogP contribution in [0, 0.1) is 5.41 Å². The third-order valence-electron chi connectivity index (χ3n) is 2.49. The van der Waals surface area contributed by atoms with Gasteiger partial charge < -0.3 is 16.8 Å². The van der Waals surface area contributed by atoms with E-state index in [2.05, 4.69) is 18.8 Å². The average molecular weight is 260 g/mol. The van der Waals surface area contributed by atoms with Crippen LogP contribution in [0.5, 0.6) is 0 Å². The minimum atomic E-state index is -0.0363. The van der Waals surface area contributed by atoms with E-state index in [0.717, 1.165) is 17.6 Å². The smallest absolute Gasteiger partial charge is 0.115 e. The highest BCUT2D eigenvalue weighted by atomic mass is 14.8. The molecule has 19 heavy (non-hydrogen) atoms. The average Bonchev–Trinajstić information content (AvgIpc) is 2.36. The Balaban J connectivity index is 5.43. The van der Waals surface area contributed by atoms with Crippen LogP contribution >= 0.6 is 0 Å². The molecule has 0 aliphatic carbocycles. The van der Waals surface area contributed by atoms with Crippen molar-refractivity contribution in [3.8, 4) is 0 Å². The molecule has 0 aromatic carbocycles. The molecule has 4 nitrogen and oxygen atoms in total. The highest BCUT2D eigenvalue weighted by Crippen LogP contribution is 2.17. The number of rotatable bonds is 7. The maximum atomic E-state index is 7.17. The standard InChI is InChI=1S/C15H24N4/c1-5-11(2)10-12(3)13(8-9-19-4)14(16)6-7-15(17)18/h6-10,19H,3,5,16H2,1-2,4H3,(H3,17,18)/b7-6-,9-8?,11-10+,14-13+. The first-order valence-corrected chi connectivity index (χ1v) is 6.14. The molecule has 0 fully saturated rings. The summed E-state index contributed by atoms with van der Waals surface area (Å²) in [7, 11) is 1.81. The summed E-state index contributed by atoms with van der Waals surface area (Å²) < 4.78 is 0. The molecule has 0 unspecified atom stereocenters. The fourth-order valence-corrected chi connectivity index (χ4v) is 1.30. The summed E-state index contributed by atoms with van der Waals surface area (Å²) in [6, 6.07) is 0. The van der Waals surface area contributed by atoms with Gasteiger partial charge in [-0.3, -0.25) is 5.41 Å². The second kappa shape index (κ2) is 8.80. The molecule has 6 N–H and O–H groups in total. The van der Waals surface area contributed by atoms with Gasteiger partial charge >= 0.3 is 0 Å². The van der Waals surface area contributed by atoms with E-state index in [4.69, 9.17) is 16.9 Å². The molecule has 0 aliphatic heterocycles. The Bertz CT molecular complexity index is 451. The van der Waals surface area contributed by atoms with Crippen molar-refractivity contribution in [1.29, 1.82) is 5.41 Å². The van der Waals surface area contributed by atoms with Crippen LogP contribution < -0.4 is 16.8 Å². The van der Waals surface area contributed by atoms with Crippen molar-refractivity contribution < 1.29 is 0 Å². The van der Waals surface area contributed by atoms with Crippen molar-refractivity contribution in [2.45, 2.75) is 20.3 Å². The lowest BCUT2D eigenvalue weighted by Crippen LogP contribution is -2.07. The Morgan fingerprint density at radius 1 is 1.26 bits per heavy atom. The first-order valence-electron chi connectivity index (χ1n) is 6.14. The van der Waals surface area contributed by atoms with Gasteiger partial charge in [0.1, 0.15) is 5.84 Å². The molecule has 104 valence electrons. The molecule has 0 aromatic heterocycles. The molecular formula is C15H24N4. The quantitative estimate of drug-likeness (QED) is 0.322. The molecule has 0 radical (unpaired) electrons. The fraction of sp³-hybridized carbons (Fsp3) is 0.267. The molecule has 0 saturated heterocycles. The van der Waals surface area contributed by atoms with Gasteiger partial charge in [0, 0.05) is 18.3 Å². The van der Waals surface area contributed by atoms with Gasteiger partial charge in [-0.2, -0.15) is 0 Å². The lowest BCUT2D eigenvalue weighted by molar-refractivity contribution is 1.09. The maximum Gasteiger partial charge on any atom is 0.115 e. The van der Waals surface area contributed by atoms with E-state index in [1.165, 1.54) is 11.6 Å². The van der Waals surface area contributed by atoms with Crippen molar-refractivity contribution in [1.82, 2.24) is 5.32 Å². The molecule has 4 heteroatoms. The number of hydrogen-bond acceptors (Lipinski definition) is 3. The second-order valence-corrected chi connectivity index (χ2v) is 4.15. The van der Waals surface area contributed by atoms with Gasteiger partial charge in [-0.25, -0.2) is 0 Å². The highest BCUT2D eigenvalue weighted by Gasteiger charge is 2.01. The predicted molar refractivity (Wildman–Crippen MR) is 83.7 cm³/mol. The molecule has 0 amide bonds. The Labute approximate surface area is 115 Å². The van der Waals surface area contributed by atoms with E-state index in [-0.39, 0.29) is 5.84 Å². The predicted octanol–water partition coefficient (Wildman–Crippen LogP) is 2.34. The van der Waals surface area contributed by atoms with Gasteiger partial charge in [0.15, 0.2) is 0 Å². The zero-order valence-corrected chi connectivity index (χ0v) is 12.0. The summed E-state index contributed by atoms with van der Waals surface area (Å²) in [5.41, 5.74) is 14.7. The monoisotopic (exact) mass is 260 g/mol. The Morgan fingerprint density at radius 3 is 2.37 bits per heavy atom. The fourth-order valence-electron chi connectivity index (χ4n) is 1.30. The Morgan fingerprint density at radius 2 is 1.89 bits per heavy atom. The summed E-state index contributed by atoms with van der Waals surface area (Å²) in [4.78, 5) is 0. The van der Waals surface area contributed by atoms with Gasteiger partial charge in [0.05, 0.1) is 0 Å². The maximum absolute atomic E-state index is 7.17. The summed E-state index contributed by atoms with van der Waals surface area (Å²) in [5.74, 6) is -0.0363. The number of nitrogens with one attached hydrogen (secondary N) is 2. The van der Waals surface area contributed by atoms with E-state index in [0.29, 0.717) is 5.70 Å². The summed E-state index contributed by atoms with van der Waals surface area (Å²) >= 11 is 0. The molecule has 0 rings (SSSR count). The van der Waals surface area contributed by atoms with E-state index in [1.54, 1.807) is 12.3 Å². The van der Waals surface area contributed by atoms with Gasteiger partial charge in [0.2, 0.25) is 0 Å². The topological polar surface area (TPSA) is 87.9 Å². The molecule has 0 heterocycles. The second-order valence-electron chi connectivity index (χ2n) is 4.15. The van der Waals surface area contributed by atoms with Crippen molar-refractivity contribution >= 4 is 5.84 Å². The summed E-state index contributed by atoms with van der Waals surface area (Å²) in [6.45, 7) is 8.17. The molecule has 0 bridgehead atoms. The lowest BCUT2D eigenvalue weighted by atomic mass is 10.0. The largest absolute Gasteiger partial charge is 0.398 e. The van der Waals surface area contributed by atoms with Gasteiger partial charge in [-0.1, -0.05) is 25.2 Å². The van der Waals surface area contributed by atoms with Crippen LogP contribution in [0.2, 0.25) is 0 Å². The number of allylic oxidation sites excluding steroid dienone is 6. The van der Waals surface area contributed by atoms with Crippen LogP contribution in [0.15, 0.2) is 59.5 Å². The molecule has 0 saturated carbocycles. The molecule has 0 atom stereocenters. The molecule has 0 aromatic rings. The van der Waals surface area contributed by atoms with E-state index < -0.39 is 0 Å². The van der Waals surface area contributed by atoms with Crippen LogP contribution in [0.3, 0.4) is 0 Å². The molecule has 0 spiro atoms. The highest BCUT2D eigenvalue weighted by molar-refractivity contribution is 5.88. The van der Waals surface area contributed by atoms with Crippen LogP contribution in [-0.4, -0.2) is 12.9 Å². The Kier molecular flexibility index (Phi) is 7.77. The van der Waals surface area contributed by atoms with E-state index in [9.17, 15) is 0 Å². The van der Waals surface area contributed by atoms with Crippen LogP contribution in [0.4, 0.5) is 0 Å². The van der Waals surface area contributed by atoms with E-state index in [1.807, 2.05) is 26.1 Å². The number of amidine groups is 1. The van der Waals surface area contributed by atoms with Crippen molar-refractivity contribution in [3.63, 3.8) is 0 Å². The minimum absolute atomic E-state index is 0.0363. The number of nitrogens with two attached hydrogens (primary N) is 2. The number of hydrogen-bond donors (Lipinski definition) is 4. The van der Waals surface area contributed by atoms with Crippen molar-refractivity contribution in [3.05, 3.63) is 59.5 Å². The van der Waals surface area contributed by atoms with Crippen molar-refractivity contribution in [2.75, 3.05) is 7.05 Å². The van der Waals surface area contributed by atoms with E-state index >= 15 is 0 Å². The van der Waals surface area contributed by atoms with Gasteiger partial charge in [-0.05, 0) is 43.3 Å². The third kappa shape index (κ3) is 6.93. The zero-order valence-electron chi connectivity index (χ0n) is 12.0. The molecule has 0 aliphatic rings. The van der Waals surface area contributed by atoms with Gasteiger partial charge in [0.25, 0.3) is 0 Å². The first kappa shape index (κ1) is 16.8. The Hall–Kier alpha value is -2.23. The molecular weight excluding hydrogens is 236 g/mol. The zero-order chi connectivity index (χ0) is 14.8. The summed E-state index contributed by atoms with van der Waals surface area (Å²) in [5, 5.41) is 10.1. The van der Waals surface area contributed by atoms with Crippen LogP contribution in [-0.2, 0) is 0 Å². The first-order chi connectivity index (χ1) is 8.92. The third-order valence-corrected chi connectivity index (χ3v) is 2.49. The SMILES string of the molecule is C=C(/C=C(\C)CC)/C(C=CNC)=C(N)\C=C/C(=N)N. The van der Waals surface area contributed by atoms with Crippen LogP contribution in [0.1, 0.15) is 20.3 Å². The minimum Gasteiger partial charge on any atom is -0.398 e. The van der Waals surface area contributed by atoms with Crippen molar-refractivity contribution in [2.24, 2.45) is 11.5 Å². The summed E-state index contributed by atoms with van der Waals surface area (Å²) in [6.07, 6.45) is 9.66. The van der Waals surface area contributed by atoms with Gasteiger partial charge in [-0.15, -0.1) is 0 Å². The normalized spacial score (nSPS) is 13.7.